The molecule has 6 nitrogen and oxygen atoms in total. The van der Waals surface area contributed by atoms with E-state index in [4.69, 9.17) is 9.10 Å². The summed E-state index contributed by atoms with van der Waals surface area (Å²) in [7, 11) is -4.10. The van der Waals surface area contributed by atoms with E-state index < -0.39 is 16.8 Å². The van der Waals surface area contributed by atoms with Gasteiger partial charge in [-0.05, 0) is 55.3 Å². The summed E-state index contributed by atoms with van der Waals surface area (Å²) in [6.07, 6.45) is 1.79. The van der Waals surface area contributed by atoms with Gasteiger partial charge in [0.05, 0.1) is 17.8 Å². The van der Waals surface area contributed by atoms with Crippen LogP contribution < -0.4 is 8.97 Å². The molecule has 0 amide bonds. The number of aromatic nitrogens is 2. The van der Waals surface area contributed by atoms with Crippen molar-refractivity contribution in [2.75, 3.05) is 13.6 Å². The number of hydrogen-bond acceptors (Lipinski definition) is 3. The fraction of sp³-hybridized carbons (Fsp3) is 0.250. The van der Waals surface area contributed by atoms with E-state index in [0.29, 0.717) is 22.7 Å². The Labute approximate surface area is 302 Å². The molecule has 3 aliphatic heterocycles. The first-order valence-corrected chi connectivity index (χ1v) is 17.3. The number of sulfone groups is 1. The van der Waals surface area contributed by atoms with Crippen LogP contribution in [0.2, 0.25) is 0 Å². The number of hydrogen-bond donors (Lipinski definition) is 0. The Morgan fingerprint density at radius 2 is 1.52 bits per heavy atom. The first-order chi connectivity index (χ1) is 23.4. The number of quaternary nitrogens is 2. The fourth-order valence-corrected chi connectivity index (χ4v) is 8.29. The Kier molecular flexibility index (Phi) is 6.53. The molecule has 2 aromatic heterocycles. The van der Waals surface area contributed by atoms with E-state index in [9.17, 15) is 8.42 Å². The van der Waals surface area contributed by atoms with Gasteiger partial charge < -0.3 is 13.5 Å². The second kappa shape index (κ2) is 10.7. The summed E-state index contributed by atoms with van der Waals surface area (Å²) in [6.45, 7) is 12.5. The summed E-state index contributed by atoms with van der Waals surface area (Å²) >= 11 is 0. The molecule has 9 rings (SSSR count). The summed E-state index contributed by atoms with van der Waals surface area (Å²) in [5.41, 5.74) is 5.54. The van der Waals surface area contributed by atoms with Crippen molar-refractivity contribution in [1.29, 1.82) is 0 Å². The van der Waals surface area contributed by atoms with Crippen molar-refractivity contribution in [3.8, 4) is 5.82 Å². The maximum atomic E-state index is 14.5. The number of para-hydroxylation sites is 1. The Bertz CT molecular complexity index is 2490. The van der Waals surface area contributed by atoms with Crippen molar-refractivity contribution >= 4 is 48.7 Å². The van der Waals surface area contributed by atoms with E-state index in [1.54, 1.807) is 31.1 Å². The zero-order chi connectivity index (χ0) is 35.6. The molecule has 48 heavy (non-hydrogen) atoms. The van der Waals surface area contributed by atoms with Crippen LogP contribution in [0.3, 0.4) is 0 Å². The Balaban J connectivity index is 0.00000406. The molecule has 248 valence electrons. The molecule has 8 heteroatoms. The molecule has 0 unspecified atom stereocenters. The largest absolute Gasteiger partial charge is 0.325 e. The topological polar surface area (TPSA) is 52.0 Å². The third kappa shape index (κ3) is 4.77. The molecule has 0 radical (unpaired) electrons. The maximum Gasteiger partial charge on any atom is 0.179 e. The summed E-state index contributed by atoms with van der Waals surface area (Å²) < 4.78 is 56.1. The molecule has 2 atom stereocenters. The summed E-state index contributed by atoms with van der Waals surface area (Å²) in [5, 5.41) is 1.84. The average Bonchev–Trinajstić information content (AvgIpc) is 3.65. The van der Waals surface area contributed by atoms with Crippen LogP contribution in [0.4, 0.5) is 17.1 Å². The maximum absolute atomic E-state index is 14.5. The van der Waals surface area contributed by atoms with E-state index in [-0.39, 0.29) is 57.3 Å². The average molecular weight is 838 g/mol. The minimum atomic E-state index is -4.10. The van der Waals surface area contributed by atoms with Crippen LogP contribution >= 0.6 is 0 Å². The standard InChI is InChI=1S/C40H39N4O2S.Pt/c1-39(2,3)27-15-18-36-37(21-27)44(25-43(36,7)26-44)29-11-10-12-30(23-29)47(45,46)31-16-17-33-32-13-8-9-14-34(32)42(35(33)24-31)38-22-28(19-20-41-38)40(4,5)6;/h8-22,25H,26H2,1-7H3;/q-1;/t43-,44+;/m0./s1/i7D3;. The minimum absolute atomic E-state index is 0. The van der Waals surface area contributed by atoms with E-state index in [0.717, 1.165) is 33.1 Å². The molecule has 6 aromatic rings. The number of benzene rings is 4. The molecule has 2 bridgehead atoms. The first kappa shape index (κ1) is 29.3. The summed E-state index contributed by atoms with van der Waals surface area (Å²) in [5.74, 6) is 0.685. The third-order valence-electron chi connectivity index (χ3n) is 9.70. The van der Waals surface area contributed by atoms with Gasteiger partial charge in [0, 0.05) is 50.6 Å². The number of fused-ring (bicyclic) bond motifs is 3. The monoisotopic (exact) mass is 837 g/mol. The molecule has 0 spiro atoms. The van der Waals surface area contributed by atoms with Gasteiger partial charge >= 0.3 is 0 Å². The zero-order valence-corrected chi connectivity index (χ0v) is 30.9. The van der Waals surface area contributed by atoms with Crippen LogP contribution in [0, 0.1) is 18.8 Å². The first-order valence-electron chi connectivity index (χ1n) is 17.4. The van der Waals surface area contributed by atoms with Crippen molar-refractivity contribution < 1.29 is 33.6 Å². The van der Waals surface area contributed by atoms with Gasteiger partial charge in [-0.15, -0.1) is 23.6 Å². The molecular formula is C40H39N4O2PtS-. The van der Waals surface area contributed by atoms with Gasteiger partial charge in [0.2, 0.25) is 0 Å². The van der Waals surface area contributed by atoms with Crippen molar-refractivity contribution in [2.45, 2.75) is 62.2 Å². The Morgan fingerprint density at radius 3 is 2.25 bits per heavy atom. The molecule has 1 saturated heterocycles. The van der Waals surface area contributed by atoms with Crippen molar-refractivity contribution in [2.24, 2.45) is 0 Å². The zero-order valence-electron chi connectivity index (χ0n) is 30.8. The molecule has 4 aromatic carbocycles. The van der Waals surface area contributed by atoms with Crippen LogP contribution in [0.25, 0.3) is 27.6 Å². The quantitative estimate of drug-likeness (QED) is 0.132. The van der Waals surface area contributed by atoms with Gasteiger partial charge in [-0.1, -0.05) is 71.3 Å². The van der Waals surface area contributed by atoms with E-state index in [1.807, 2.05) is 65.2 Å². The number of pyridine rings is 1. The van der Waals surface area contributed by atoms with Crippen molar-refractivity contribution in [3.05, 3.63) is 121 Å². The summed E-state index contributed by atoms with van der Waals surface area (Å²) in [4.78, 5) is 4.74. The fourth-order valence-electron chi connectivity index (χ4n) is 7.08. The van der Waals surface area contributed by atoms with Crippen LogP contribution in [-0.4, -0.2) is 31.6 Å². The second-order valence-electron chi connectivity index (χ2n) is 14.9. The van der Waals surface area contributed by atoms with Crippen LogP contribution in [0.15, 0.2) is 101 Å². The van der Waals surface area contributed by atoms with Gasteiger partial charge in [-0.25, -0.2) is 13.4 Å². The van der Waals surface area contributed by atoms with Crippen molar-refractivity contribution in [3.63, 3.8) is 0 Å². The predicted molar refractivity (Wildman–Crippen MR) is 190 cm³/mol. The van der Waals surface area contributed by atoms with E-state index >= 15 is 0 Å². The number of nitrogens with zero attached hydrogens (tertiary/aromatic N) is 4. The third-order valence-corrected chi connectivity index (χ3v) is 11.3. The van der Waals surface area contributed by atoms with Crippen molar-refractivity contribution in [1.82, 2.24) is 18.5 Å². The van der Waals surface area contributed by atoms with Gasteiger partial charge in [0.25, 0.3) is 0 Å². The molecule has 0 N–H and O–H groups in total. The van der Waals surface area contributed by atoms with Gasteiger partial charge in [0.15, 0.2) is 27.9 Å². The molecule has 5 heterocycles. The van der Waals surface area contributed by atoms with E-state index in [2.05, 4.69) is 59.7 Å². The molecule has 3 aliphatic rings. The Morgan fingerprint density at radius 1 is 0.812 bits per heavy atom. The predicted octanol–water partition coefficient (Wildman–Crippen LogP) is 8.88. The van der Waals surface area contributed by atoms with Crippen LogP contribution in [0.1, 0.15) is 56.8 Å². The van der Waals surface area contributed by atoms with Crippen LogP contribution in [-0.2, 0) is 41.7 Å². The SMILES string of the molecule is [2H]C([2H])([2H])[N@+]12[CH-][N@+](c3[c-]c(S(=O)(=O)c4[c-]c5c(cc4)c4ccccc4n5-c4cc(C(C)(C)C)ccn4)ccc3)(C1)c1cc(C(C)(C)C)ccc12.[Pt]. The normalized spacial score (nSPS) is 21.6. The van der Waals surface area contributed by atoms with Gasteiger partial charge in [-0.2, -0.15) is 24.3 Å². The van der Waals surface area contributed by atoms with Gasteiger partial charge in [0.1, 0.15) is 5.82 Å². The smallest absolute Gasteiger partial charge is 0.179 e. The van der Waals surface area contributed by atoms with Gasteiger partial charge in [-0.3, -0.25) is 0 Å². The van der Waals surface area contributed by atoms with E-state index in [1.165, 1.54) is 0 Å². The second-order valence-corrected chi connectivity index (χ2v) is 16.8. The molecule has 0 aliphatic carbocycles. The molecule has 0 saturated carbocycles. The molecular weight excluding hydrogens is 796 g/mol. The Hall–Kier alpha value is -3.61. The minimum Gasteiger partial charge on any atom is -0.325 e. The summed E-state index contributed by atoms with van der Waals surface area (Å²) in [6, 6.07) is 33.1. The van der Waals surface area contributed by atoms with Crippen LogP contribution in [0.5, 0.6) is 0 Å². The molecule has 1 fully saturated rings. The number of rotatable bonds is 4.